The second kappa shape index (κ2) is 5.03. The number of aromatic nitrogens is 2. The van der Waals surface area contributed by atoms with Crippen LogP contribution in [0.3, 0.4) is 0 Å². The Morgan fingerprint density at radius 2 is 2.35 bits per heavy atom. The predicted octanol–water partition coefficient (Wildman–Crippen LogP) is 2.46. The standard InChI is InChI=1S/C13H17F2N3O2/c1-2-20-13(19)8-6-16-18-10(11(14)15)5-9(7-3-4-7)17-12(8)18/h6-7,9-11,17H,2-5H2,1H3. The highest BCUT2D eigenvalue weighted by atomic mass is 19.3. The van der Waals surface area contributed by atoms with E-state index in [1.807, 2.05) is 0 Å². The van der Waals surface area contributed by atoms with Gasteiger partial charge in [-0.3, -0.25) is 0 Å². The normalized spacial score (nSPS) is 25.2. The number of alkyl halides is 2. The number of nitrogens with zero attached hydrogens (tertiary/aromatic N) is 2. The lowest BCUT2D eigenvalue weighted by molar-refractivity contribution is 0.0521. The third-order valence-corrected chi connectivity index (χ3v) is 3.90. The van der Waals surface area contributed by atoms with Crippen molar-refractivity contribution in [3.63, 3.8) is 0 Å². The fourth-order valence-electron chi connectivity index (χ4n) is 2.73. The van der Waals surface area contributed by atoms with Gasteiger partial charge in [-0.1, -0.05) is 0 Å². The maximum Gasteiger partial charge on any atom is 0.343 e. The Balaban J connectivity index is 1.93. The average molecular weight is 285 g/mol. The van der Waals surface area contributed by atoms with Crippen LogP contribution in [-0.4, -0.2) is 34.8 Å². The van der Waals surface area contributed by atoms with E-state index in [1.54, 1.807) is 6.92 Å². The van der Waals surface area contributed by atoms with Crippen LogP contribution in [0.15, 0.2) is 6.20 Å². The molecule has 20 heavy (non-hydrogen) atoms. The average Bonchev–Trinajstić information content (AvgIpc) is 3.17. The molecule has 5 nitrogen and oxygen atoms in total. The lowest BCUT2D eigenvalue weighted by Gasteiger charge is -2.32. The molecule has 2 atom stereocenters. The molecule has 7 heteroatoms. The van der Waals surface area contributed by atoms with Gasteiger partial charge in [0.05, 0.1) is 12.8 Å². The molecule has 1 aromatic heterocycles. The molecular formula is C13H17F2N3O2. The smallest absolute Gasteiger partial charge is 0.343 e. The fourth-order valence-corrected chi connectivity index (χ4v) is 2.73. The molecule has 1 saturated carbocycles. The van der Waals surface area contributed by atoms with E-state index in [0.717, 1.165) is 12.8 Å². The quantitative estimate of drug-likeness (QED) is 0.863. The van der Waals surface area contributed by atoms with Crippen LogP contribution in [-0.2, 0) is 4.74 Å². The summed E-state index contributed by atoms with van der Waals surface area (Å²) >= 11 is 0. The van der Waals surface area contributed by atoms with Gasteiger partial charge in [0, 0.05) is 6.04 Å². The highest BCUT2D eigenvalue weighted by Crippen LogP contribution is 2.42. The number of hydrogen-bond acceptors (Lipinski definition) is 4. The Labute approximate surface area is 115 Å². The van der Waals surface area contributed by atoms with Crippen LogP contribution in [0.4, 0.5) is 14.6 Å². The molecule has 0 bridgehead atoms. The van der Waals surface area contributed by atoms with Crippen LogP contribution in [0.5, 0.6) is 0 Å². The minimum atomic E-state index is -2.49. The molecule has 2 aliphatic rings. The van der Waals surface area contributed by atoms with E-state index in [4.69, 9.17) is 4.74 Å². The van der Waals surface area contributed by atoms with Gasteiger partial charge in [-0.25, -0.2) is 18.3 Å². The molecule has 1 aliphatic carbocycles. The van der Waals surface area contributed by atoms with Crippen LogP contribution in [0.25, 0.3) is 0 Å². The molecule has 0 aromatic carbocycles. The summed E-state index contributed by atoms with van der Waals surface area (Å²) in [5, 5.41) is 7.15. The number of nitrogens with one attached hydrogen (secondary N) is 1. The Morgan fingerprint density at radius 3 is 2.95 bits per heavy atom. The van der Waals surface area contributed by atoms with Gasteiger partial charge in [-0.2, -0.15) is 5.10 Å². The Morgan fingerprint density at radius 1 is 1.60 bits per heavy atom. The van der Waals surface area contributed by atoms with E-state index < -0.39 is 18.4 Å². The summed E-state index contributed by atoms with van der Waals surface area (Å²) in [6.45, 7) is 1.95. The first-order valence-electron chi connectivity index (χ1n) is 6.91. The lowest BCUT2D eigenvalue weighted by Crippen LogP contribution is -2.37. The summed E-state index contributed by atoms with van der Waals surface area (Å²) in [6, 6.07) is -0.980. The Kier molecular flexibility index (Phi) is 3.35. The maximum atomic E-state index is 13.2. The molecule has 0 spiro atoms. The van der Waals surface area contributed by atoms with Gasteiger partial charge in [0.1, 0.15) is 17.4 Å². The molecule has 1 N–H and O–H groups in total. The van der Waals surface area contributed by atoms with Gasteiger partial charge in [-0.05, 0) is 32.1 Å². The third-order valence-electron chi connectivity index (χ3n) is 3.90. The SMILES string of the molecule is CCOC(=O)c1cnn2c1NC(C1CC1)CC2C(F)F. The van der Waals surface area contributed by atoms with Crippen molar-refractivity contribution >= 4 is 11.8 Å². The van der Waals surface area contributed by atoms with Crippen LogP contribution >= 0.6 is 0 Å². The molecule has 110 valence electrons. The number of ether oxygens (including phenoxy) is 1. The second-order valence-corrected chi connectivity index (χ2v) is 5.30. The summed E-state index contributed by atoms with van der Waals surface area (Å²) in [4.78, 5) is 11.8. The summed E-state index contributed by atoms with van der Waals surface area (Å²) in [6.07, 6.45) is 1.27. The fraction of sp³-hybridized carbons (Fsp3) is 0.692. The molecule has 1 fully saturated rings. The molecule has 2 heterocycles. The Bertz CT molecular complexity index is 514. The summed E-state index contributed by atoms with van der Waals surface area (Å²) in [5.74, 6) is 0.276. The van der Waals surface area contributed by atoms with Crippen molar-refractivity contribution in [3.05, 3.63) is 11.8 Å². The first-order valence-corrected chi connectivity index (χ1v) is 6.91. The van der Waals surface area contributed by atoms with Gasteiger partial charge in [-0.15, -0.1) is 0 Å². The number of esters is 1. The number of carbonyl (C=O) groups excluding carboxylic acids is 1. The summed E-state index contributed by atoms with van der Waals surface area (Å²) in [7, 11) is 0. The van der Waals surface area contributed by atoms with E-state index in [9.17, 15) is 13.6 Å². The first-order chi connectivity index (χ1) is 9.61. The van der Waals surface area contributed by atoms with Crippen molar-refractivity contribution in [3.8, 4) is 0 Å². The summed E-state index contributed by atoms with van der Waals surface area (Å²) < 4.78 is 32.6. The lowest BCUT2D eigenvalue weighted by atomic mass is 10.0. The third kappa shape index (κ3) is 2.25. The van der Waals surface area contributed by atoms with Crippen LogP contribution in [0.1, 0.15) is 42.6 Å². The van der Waals surface area contributed by atoms with Crippen molar-refractivity contribution in [1.29, 1.82) is 0 Å². The van der Waals surface area contributed by atoms with Crippen molar-refractivity contribution in [2.24, 2.45) is 5.92 Å². The van der Waals surface area contributed by atoms with Crippen molar-refractivity contribution in [2.45, 2.75) is 44.7 Å². The van der Waals surface area contributed by atoms with Gasteiger partial charge >= 0.3 is 5.97 Å². The van der Waals surface area contributed by atoms with E-state index in [0.29, 0.717) is 18.2 Å². The molecule has 1 aromatic rings. The predicted molar refractivity (Wildman–Crippen MR) is 68.0 cm³/mol. The number of carbonyl (C=O) groups is 1. The zero-order chi connectivity index (χ0) is 14.3. The number of rotatable bonds is 4. The topological polar surface area (TPSA) is 56.1 Å². The summed E-state index contributed by atoms with van der Waals surface area (Å²) in [5.41, 5.74) is 0.239. The number of halogens is 2. The number of anilines is 1. The second-order valence-electron chi connectivity index (χ2n) is 5.30. The van der Waals surface area contributed by atoms with Gasteiger partial charge in [0.2, 0.25) is 0 Å². The van der Waals surface area contributed by atoms with Crippen LogP contribution < -0.4 is 5.32 Å². The largest absolute Gasteiger partial charge is 0.462 e. The van der Waals surface area contributed by atoms with Crippen molar-refractivity contribution in [1.82, 2.24) is 9.78 Å². The van der Waals surface area contributed by atoms with E-state index in [-0.39, 0.29) is 18.2 Å². The van der Waals surface area contributed by atoms with Crippen LogP contribution in [0.2, 0.25) is 0 Å². The maximum absolute atomic E-state index is 13.2. The van der Waals surface area contributed by atoms with Gasteiger partial charge < -0.3 is 10.1 Å². The number of fused-ring (bicyclic) bond motifs is 1. The zero-order valence-corrected chi connectivity index (χ0v) is 11.2. The van der Waals surface area contributed by atoms with E-state index in [2.05, 4.69) is 10.4 Å². The highest BCUT2D eigenvalue weighted by molar-refractivity contribution is 5.94. The Hall–Kier alpha value is -1.66. The molecule has 3 rings (SSSR count). The molecular weight excluding hydrogens is 268 g/mol. The van der Waals surface area contributed by atoms with E-state index >= 15 is 0 Å². The van der Waals surface area contributed by atoms with Crippen LogP contribution in [0, 0.1) is 5.92 Å². The van der Waals surface area contributed by atoms with E-state index in [1.165, 1.54) is 10.9 Å². The van der Waals surface area contributed by atoms with Crippen molar-refractivity contribution in [2.75, 3.05) is 11.9 Å². The minimum absolute atomic E-state index is 0.00798. The number of hydrogen-bond donors (Lipinski definition) is 1. The molecule has 0 saturated heterocycles. The van der Waals surface area contributed by atoms with Gasteiger partial charge in [0.15, 0.2) is 0 Å². The monoisotopic (exact) mass is 285 g/mol. The molecule has 1 aliphatic heterocycles. The first kappa shape index (κ1) is 13.3. The molecule has 0 radical (unpaired) electrons. The molecule has 2 unspecified atom stereocenters. The van der Waals surface area contributed by atoms with Crippen molar-refractivity contribution < 1.29 is 18.3 Å². The minimum Gasteiger partial charge on any atom is -0.462 e. The molecule has 0 amide bonds. The highest BCUT2D eigenvalue weighted by Gasteiger charge is 2.41. The zero-order valence-electron chi connectivity index (χ0n) is 11.2. The van der Waals surface area contributed by atoms with Gasteiger partial charge in [0.25, 0.3) is 6.43 Å².